The van der Waals surface area contributed by atoms with Gasteiger partial charge in [-0.2, -0.15) is 0 Å². The van der Waals surface area contributed by atoms with Gasteiger partial charge in [0.25, 0.3) is 6.33 Å². The van der Waals surface area contributed by atoms with Crippen molar-refractivity contribution in [3.63, 3.8) is 0 Å². The summed E-state index contributed by atoms with van der Waals surface area (Å²) in [5.41, 5.74) is 21.2. The highest BCUT2D eigenvalue weighted by Gasteiger charge is 2.28. The first-order valence-electron chi connectivity index (χ1n) is 25.4. The number of halogens is 9. The molecule has 0 unspecified atom stereocenters. The van der Waals surface area contributed by atoms with Gasteiger partial charge in [0.2, 0.25) is 12.7 Å². The molecule has 6 aromatic rings. The summed E-state index contributed by atoms with van der Waals surface area (Å²) in [5.74, 6) is 0. The minimum atomic E-state index is -3.67. The van der Waals surface area contributed by atoms with E-state index in [0.29, 0.717) is 0 Å². The lowest BCUT2D eigenvalue weighted by atomic mass is 9.95. The minimum absolute atomic E-state index is 0. The molecular formula is C57H77B2ClF8N6. The van der Waals surface area contributed by atoms with Crippen molar-refractivity contribution in [2.45, 2.75) is 159 Å². The maximum Gasteiger partial charge on any atom is 0.762 e. The van der Waals surface area contributed by atoms with Crippen molar-refractivity contribution in [2.24, 2.45) is 0 Å². The second kappa shape index (κ2) is 30.2. The van der Waals surface area contributed by atoms with Crippen molar-refractivity contribution in [2.75, 3.05) is 18.0 Å². The van der Waals surface area contributed by atoms with Crippen LogP contribution in [0.3, 0.4) is 0 Å². The number of hydrogen-bond acceptors (Lipinski definition) is 1. The first-order chi connectivity index (χ1) is 33.6. The number of imidazole rings is 2. The van der Waals surface area contributed by atoms with Crippen LogP contribution in [-0.2, 0) is 0 Å². The average Bonchev–Trinajstić information content (AvgIpc) is 4.06. The lowest BCUT2D eigenvalue weighted by Crippen LogP contribution is -3.00. The van der Waals surface area contributed by atoms with Gasteiger partial charge in [-0.1, -0.05) is 83.6 Å². The fourth-order valence-corrected chi connectivity index (χ4v) is 11.4. The van der Waals surface area contributed by atoms with E-state index in [1.54, 1.807) is 0 Å². The van der Waals surface area contributed by atoms with Gasteiger partial charge in [-0.3, -0.25) is 25.9 Å². The molecule has 2 fully saturated rings. The van der Waals surface area contributed by atoms with Crippen LogP contribution in [0.4, 0.5) is 37.3 Å². The second-order valence-electron chi connectivity index (χ2n) is 20.1. The molecule has 2 saturated carbocycles. The Morgan fingerprint density at radius 2 is 0.865 bits per heavy atom. The van der Waals surface area contributed by atoms with Crippen molar-refractivity contribution in [1.29, 1.82) is 0 Å². The van der Waals surface area contributed by atoms with E-state index in [0.717, 1.165) is 25.2 Å². The van der Waals surface area contributed by atoms with E-state index in [2.05, 4.69) is 203 Å². The molecule has 0 bridgehead atoms. The molecule has 17 heteroatoms. The van der Waals surface area contributed by atoms with Gasteiger partial charge in [0, 0.05) is 0 Å². The topological polar surface area (TPSA) is 23.9 Å². The lowest BCUT2D eigenvalue weighted by molar-refractivity contribution is -0.725. The lowest BCUT2D eigenvalue weighted by Gasteiger charge is -2.20. The number of nitrogens with zero attached hydrogens (tertiary/aromatic N) is 6. The molecule has 3 aliphatic rings. The van der Waals surface area contributed by atoms with Gasteiger partial charge in [-0.05, 0) is 179 Å². The third-order valence-electron chi connectivity index (χ3n) is 13.8. The first-order valence-corrected chi connectivity index (χ1v) is 25.4. The Hall–Kier alpha value is -5.37. The van der Waals surface area contributed by atoms with Crippen molar-refractivity contribution in [3.05, 3.63) is 153 Å². The highest BCUT2D eigenvalue weighted by atomic mass is 35.5. The van der Waals surface area contributed by atoms with Gasteiger partial charge in [-0.15, -0.1) is 0 Å². The molecule has 404 valence electrons. The zero-order valence-corrected chi connectivity index (χ0v) is 46.3. The molecule has 3 heterocycles. The van der Waals surface area contributed by atoms with Crippen LogP contribution in [0.5, 0.6) is 0 Å². The van der Waals surface area contributed by atoms with Crippen molar-refractivity contribution in [3.8, 4) is 11.4 Å². The van der Waals surface area contributed by atoms with Crippen LogP contribution in [0.2, 0.25) is 0 Å². The molecule has 9 rings (SSSR count). The Balaban J connectivity index is 0.000000350. The monoisotopic (exact) mass is 1050 g/mol. The maximum atomic E-state index is 9.67. The number of benzene rings is 4. The summed E-state index contributed by atoms with van der Waals surface area (Å²) >= 11 is 0. The Morgan fingerprint density at radius 1 is 0.473 bits per heavy atom. The standard InChI is InChI=1S/C21H27N2.C21H25N2.C15H25N2.2BF3.ClH.2FH/c2*1-14-9-16(3)20(17(4)10-14)22-7-8-23(13-22)21-18(5)11-15(2)12-19(21)6;1-3-7-14(8-4-1)16-11-12-17(13-16)15-9-5-2-6-10-15;2*2-1(3)4;;;/h9-13H,7-8H2,1-6H3;7-13H,1-6H3;11-15H,1-10H2;;;3*1H/q3*+1;;;;;/p-3. The SMILES string of the molecule is Cc1cc(C)c(-n2cc[n+](-c3c(C)cc(C)cc3C)c2)c(C)c1.Cc1cc(C)c(N2C=[N+](c3c(C)cc(C)cc3C)CC2)c(C)c1.FB(F)F.FB(F)F.[Cl-].[F-].[F-].c1c[n+](C2CCCCC2)cn1C1CCCCC1. The van der Waals surface area contributed by atoms with E-state index in [9.17, 15) is 25.9 Å². The smallest absolute Gasteiger partial charge is 0.762 e. The molecule has 0 spiro atoms. The third kappa shape index (κ3) is 18.2. The molecular weight excluding hydrogens is 978 g/mol. The number of hydrogen-bond donors (Lipinski definition) is 0. The number of rotatable bonds is 6. The van der Waals surface area contributed by atoms with E-state index in [1.165, 1.54) is 154 Å². The van der Waals surface area contributed by atoms with Crippen LogP contribution in [-0.4, -0.2) is 48.2 Å². The summed E-state index contributed by atoms with van der Waals surface area (Å²) in [5, 5.41) is 0. The summed E-state index contributed by atoms with van der Waals surface area (Å²) < 4.78 is 69.8. The zero-order valence-electron chi connectivity index (χ0n) is 45.5. The molecule has 0 N–H and O–H groups in total. The van der Waals surface area contributed by atoms with Gasteiger partial charge < -0.3 is 21.8 Å². The second-order valence-corrected chi connectivity index (χ2v) is 20.1. The van der Waals surface area contributed by atoms with Crippen LogP contribution in [0.1, 0.15) is 143 Å². The molecule has 2 aromatic heterocycles. The van der Waals surface area contributed by atoms with Crippen LogP contribution in [0.25, 0.3) is 11.4 Å². The first kappa shape index (κ1) is 64.7. The van der Waals surface area contributed by atoms with Crippen LogP contribution in [0, 0.1) is 83.1 Å². The van der Waals surface area contributed by atoms with Gasteiger partial charge in [0.05, 0.1) is 0 Å². The summed E-state index contributed by atoms with van der Waals surface area (Å²) in [6.07, 6.45) is 29.9. The Bertz CT molecular complexity index is 2520. The summed E-state index contributed by atoms with van der Waals surface area (Å²) in [4.78, 5) is 2.41. The molecule has 0 saturated heterocycles. The van der Waals surface area contributed by atoms with Crippen LogP contribution in [0.15, 0.2) is 86.0 Å². The van der Waals surface area contributed by atoms with Crippen LogP contribution >= 0.6 is 0 Å². The van der Waals surface area contributed by atoms with Gasteiger partial charge in [0.15, 0.2) is 0 Å². The molecule has 0 radical (unpaired) electrons. The highest BCUT2D eigenvalue weighted by Crippen LogP contribution is 2.32. The van der Waals surface area contributed by atoms with E-state index >= 15 is 0 Å². The Kier molecular flexibility index (Phi) is 26.5. The molecule has 0 amide bonds. The predicted octanol–water partition coefficient (Wildman–Crippen LogP) is 5.89. The van der Waals surface area contributed by atoms with E-state index in [4.69, 9.17) is 0 Å². The number of anilines is 1. The van der Waals surface area contributed by atoms with Crippen LogP contribution < -0.4 is 35.8 Å². The highest BCUT2D eigenvalue weighted by molar-refractivity contribution is 6.33. The minimum Gasteiger partial charge on any atom is -1.00 e. The molecule has 2 aliphatic carbocycles. The quantitative estimate of drug-likeness (QED) is 0.116. The van der Waals surface area contributed by atoms with Gasteiger partial charge in [-0.25, -0.2) is 27.7 Å². The predicted molar refractivity (Wildman–Crippen MR) is 282 cm³/mol. The van der Waals surface area contributed by atoms with Crippen molar-refractivity contribution in [1.82, 2.24) is 9.13 Å². The molecule has 74 heavy (non-hydrogen) atoms. The molecule has 4 aromatic carbocycles. The van der Waals surface area contributed by atoms with E-state index in [-0.39, 0.29) is 21.8 Å². The van der Waals surface area contributed by atoms with Crippen molar-refractivity contribution >= 4 is 32.8 Å². The molecule has 0 atom stereocenters. The molecule has 6 nitrogen and oxygen atoms in total. The Morgan fingerprint density at radius 3 is 1.31 bits per heavy atom. The largest absolute Gasteiger partial charge is 1.00 e. The van der Waals surface area contributed by atoms with Crippen molar-refractivity contribution < 1.29 is 61.4 Å². The molecule has 1 aliphatic heterocycles. The third-order valence-corrected chi connectivity index (χ3v) is 13.8. The fraction of sp³-hybridized carbons (Fsp3) is 0.456. The normalized spacial score (nSPS) is 14.1. The van der Waals surface area contributed by atoms with Gasteiger partial charge >= 0.3 is 15.1 Å². The summed E-state index contributed by atoms with van der Waals surface area (Å²) in [6.45, 7) is 28.3. The summed E-state index contributed by atoms with van der Waals surface area (Å²) in [6, 6.07) is 19.7. The van der Waals surface area contributed by atoms with E-state index < -0.39 is 15.1 Å². The van der Waals surface area contributed by atoms with E-state index in [1.807, 2.05) is 0 Å². The summed E-state index contributed by atoms with van der Waals surface area (Å²) in [7, 11) is -7.33. The number of aryl methyl sites for hydroxylation is 12. The number of aromatic nitrogens is 4. The zero-order chi connectivity index (χ0) is 52.1. The fourth-order valence-electron chi connectivity index (χ4n) is 11.4. The van der Waals surface area contributed by atoms with Gasteiger partial charge in [0.1, 0.15) is 72.7 Å². The Labute approximate surface area is 443 Å². The maximum absolute atomic E-state index is 9.67. The average molecular weight is 1060 g/mol.